The van der Waals surface area contributed by atoms with E-state index in [9.17, 15) is 0 Å². The van der Waals surface area contributed by atoms with E-state index in [1.54, 1.807) is 0 Å². The molecule has 20 heavy (non-hydrogen) atoms. The van der Waals surface area contributed by atoms with Gasteiger partial charge < -0.3 is 0 Å². The molecule has 3 N–H and O–H groups in total. The Bertz CT molecular complexity index is 462. The maximum absolute atomic E-state index is 5.96. The Balaban J connectivity index is 1.78. The summed E-state index contributed by atoms with van der Waals surface area (Å²) in [5.41, 5.74) is 4.68. The molecule has 0 spiro atoms. The first-order valence-corrected chi connectivity index (χ1v) is 8.87. The normalized spacial score (nSPS) is 34.8. The topological polar surface area (TPSA) is 38.0 Å². The van der Waals surface area contributed by atoms with Crippen molar-refractivity contribution in [2.45, 2.75) is 50.0 Å². The van der Waals surface area contributed by atoms with Crippen molar-refractivity contribution < 1.29 is 0 Å². The Labute approximate surface area is 126 Å². The summed E-state index contributed by atoms with van der Waals surface area (Å²) < 4.78 is 0. The molecule has 110 valence electrons. The molecule has 0 aromatic heterocycles. The van der Waals surface area contributed by atoms with Crippen molar-refractivity contribution in [1.29, 1.82) is 0 Å². The van der Waals surface area contributed by atoms with Crippen molar-refractivity contribution >= 4 is 11.8 Å². The second-order valence-electron chi connectivity index (χ2n) is 6.68. The van der Waals surface area contributed by atoms with E-state index in [-0.39, 0.29) is 0 Å². The second kappa shape index (κ2) is 6.08. The van der Waals surface area contributed by atoms with Crippen LogP contribution in [0.25, 0.3) is 0 Å². The Kier molecular flexibility index (Phi) is 4.39. The molecule has 5 atom stereocenters. The zero-order chi connectivity index (χ0) is 14.1. The Morgan fingerprint density at radius 3 is 2.75 bits per heavy atom. The fraction of sp³-hybridized carbons (Fsp3) is 0.647. The molecule has 1 saturated carbocycles. The van der Waals surface area contributed by atoms with E-state index in [1.165, 1.54) is 35.5 Å². The largest absolute Gasteiger partial charge is 0.271 e. The summed E-state index contributed by atoms with van der Waals surface area (Å²) in [4.78, 5) is 1.45. The average Bonchev–Trinajstić information content (AvgIpc) is 2.88. The zero-order valence-corrected chi connectivity index (χ0v) is 13.3. The van der Waals surface area contributed by atoms with E-state index in [0.29, 0.717) is 12.0 Å². The fourth-order valence-electron chi connectivity index (χ4n) is 3.98. The minimum Gasteiger partial charge on any atom is -0.271 e. The van der Waals surface area contributed by atoms with Crippen LogP contribution in [-0.2, 0) is 0 Å². The molecule has 5 unspecified atom stereocenters. The lowest BCUT2D eigenvalue weighted by atomic mass is 9.70. The van der Waals surface area contributed by atoms with Crippen molar-refractivity contribution in [2.24, 2.45) is 23.6 Å². The lowest BCUT2D eigenvalue weighted by Gasteiger charge is -2.39. The first-order valence-electron chi connectivity index (χ1n) is 7.88. The first-order chi connectivity index (χ1) is 9.70. The van der Waals surface area contributed by atoms with E-state index < -0.39 is 0 Å². The maximum atomic E-state index is 5.96. The molecule has 1 aromatic carbocycles. The van der Waals surface area contributed by atoms with Crippen molar-refractivity contribution in [3.8, 4) is 0 Å². The van der Waals surface area contributed by atoms with Gasteiger partial charge in [0.1, 0.15) is 0 Å². The average molecular weight is 290 g/mol. The SMILES string of the molecule is CC1CCC(C(NN)C2CSc3ccccc32)CC1C. The highest BCUT2D eigenvalue weighted by atomic mass is 32.2. The molecular formula is C17H26N2S. The molecule has 0 amide bonds. The monoisotopic (exact) mass is 290 g/mol. The van der Waals surface area contributed by atoms with Gasteiger partial charge in [-0.2, -0.15) is 0 Å². The van der Waals surface area contributed by atoms with Crippen molar-refractivity contribution in [2.75, 3.05) is 5.75 Å². The fourth-order valence-corrected chi connectivity index (χ4v) is 5.29. The highest BCUT2D eigenvalue weighted by molar-refractivity contribution is 7.99. The van der Waals surface area contributed by atoms with Crippen LogP contribution in [0.15, 0.2) is 29.2 Å². The van der Waals surface area contributed by atoms with Crippen LogP contribution in [0.3, 0.4) is 0 Å². The van der Waals surface area contributed by atoms with Gasteiger partial charge in [0.25, 0.3) is 0 Å². The number of benzene rings is 1. The molecule has 2 nitrogen and oxygen atoms in total. The third kappa shape index (κ3) is 2.63. The smallest absolute Gasteiger partial charge is 0.0315 e. The zero-order valence-electron chi connectivity index (χ0n) is 12.5. The number of thioether (sulfide) groups is 1. The summed E-state index contributed by atoms with van der Waals surface area (Å²) in [5, 5.41) is 0. The van der Waals surface area contributed by atoms with Gasteiger partial charge in [0.05, 0.1) is 0 Å². The minimum atomic E-state index is 0.432. The first kappa shape index (κ1) is 14.4. The van der Waals surface area contributed by atoms with Gasteiger partial charge in [-0.3, -0.25) is 11.3 Å². The lowest BCUT2D eigenvalue weighted by molar-refractivity contribution is 0.161. The highest BCUT2D eigenvalue weighted by Gasteiger charge is 2.37. The van der Waals surface area contributed by atoms with Crippen LogP contribution < -0.4 is 11.3 Å². The van der Waals surface area contributed by atoms with Crippen molar-refractivity contribution in [3.05, 3.63) is 29.8 Å². The highest BCUT2D eigenvalue weighted by Crippen LogP contribution is 2.45. The van der Waals surface area contributed by atoms with Crippen LogP contribution in [-0.4, -0.2) is 11.8 Å². The Morgan fingerprint density at radius 1 is 1.20 bits per heavy atom. The molecule has 1 heterocycles. The number of hydrazine groups is 1. The summed E-state index contributed by atoms with van der Waals surface area (Å²) in [7, 11) is 0. The molecule has 1 aromatic rings. The van der Waals surface area contributed by atoms with Crippen LogP contribution in [0.2, 0.25) is 0 Å². The maximum Gasteiger partial charge on any atom is 0.0315 e. The number of nitrogens with two attached hydrogens (primary N) is 1. The molecule has 0 bridgehead atoms. The predicted octanol–water partition coefficient (Wildman–Crippen LogP) is 3.78. The van der Waals surface area contributed by atoms with Crippen LogP contribution in [0, 0.1) is 17.8 Å². The number of rotatable bonds is 3. The van der Waals surface area contributed by atoms with Gasteiger partial charge in [-0.25, -0.2) is 0 Å². The van der Waals surface area contributed by atoms with E-state index >= 15 is 0 Å². The summed E-state index contributed by atoms with van der Waals surface area (Å²) in [6, 6.07) is 9.28. The molecule has 0 saturated heterocycles. The van der Waals surface area contributed by atoms with Crippen LogP contribution in [0.1, 0.15) is 44.6 Å². The number of fused-ring (bicyclic) bond motifs is 1. The number of hydrogen-bond donors (Lipinski definition) is 2. The van der Waals surface area contributed by atoms with Gasteiger partial charge in [-0.15, -0.1) is 11.8 Å². The molecule has 0 radical (unpaired) electrons. The third-order valence-electron chi connectivity index (χ3n) is 5.51. The number of hydrogen-bond acceptors (Lipinski definition) is 3. The number of nitrogens with one attached hydrogen (secondary N) is 1. The molecule has 1 aliphatic heterocycles. The van der Waals surface area contributed by atoms with E-state index in [0.717, 1.165) is 17.8 Å². The third-order valence-corrected chi connectivity index (χ3v) is 6.72. The Morgan fingerprint density at radius 2 is 2.00 bits per heavy atom. The lowest BCUT2D eigenvalue weighted by Crippen LogP contribution is -2.47. The van der Waals surface area contributed by atoms with Gasteiger partial charge >= 0.3 is 0 Å². The molecular weight excluding hydrogens is 264 g/mol. The van der Waals surface area contributed by atoms with Gasteiger partial charge in [-0.1, -0.05) is 38.5 Å². The van der Waals surface area contributed by atoms with Crippen LogP contribution >= 0.6 is 11.8 Å². The van der Waals surface area contributed by atoms with Gasteiger partial charge in [0, 0.05) is 22.6 Å². The quantitative estimate of drug-likeness (QED) is 0.657. The Hall–Kier alpha value is -0.510. The van der Waals surface area contributed by atoms with Gasteiger partial charge in [0.15, 0.2) is 0 Å². The predicted molar refractivity (Wildman–Crippen MR) is 86.7 cm³/mol. The van der Waals surface area contributed by atoms with Gasteiger partial charge in [0.2, 0.25) is 0 Å². The van der Waals surface area contributed by atoms with Crippen molar-refractivity contribution in [1.82, 2.24) is 5.43 Å². The minimum absolute atomic E-state index is 0.432. The molecule has 1 fully saturated rings. The van der Waals surface area contributed by atoms with Crippen LogP contribution in [0.5, 0.6) is 0 Å². The van der Waals surface area contributed by atoms with E-state index in [2.05, 4.69) is 43.5 Å². The molecule has 3 rings (SSSR count). The van der Waals surface area contributed by atoms with Crippen LogP contribution in [0.4, 0.5) is 0 Å². The summed E-state index contributed by atoms with van der Waals surface area (Å²) in [5.74, 6) is 10.1. The molecule has 2 aliphatic rings. The molecule has 1 aliphatic carbocycles. The second-order valence-corrected chi connectivity index (χ2v) is 7.74. The molecule has 3 heteroatoms. The summed E-state index contributed by atoms with van der Waals surface area (Å²) >= 11 is 1.99. The standard InChI is InChI=1S/C17H26N2S/c1-11-7-8-13(9-12(11)2)17(19-18)15-10-20-16-6-4-3-5-14(15)16/h3-6,11-13,15,17,19H,7-10,18H2,1-2H3. The van der Waals surface area contributed by atoms with Crippen molar-refractivity contribution in [3.63, 3.8) is 0 Å². The van der Waals surface area contributed by atoms with E-state index in [1.807, 2.05) is 11.8 Å². The summed E-state index contributed by atoms with van der Waals surface area (Å²) in [6.07, 6.45) is 3.99. The summed E-state index contributed by atoms with van der Waals surface area (Å²) in [6.45, 7) is 4.80. The van der Waals surface area contributed by atoms with Gasteiger partial charge in [-0.05, 0) is 42.2 Å². The van der Waals surface area contributed by atoms with E-state index in [4.69, 9.17) is 5.84 Å².